The van der Waals surface area contributed by atoms with Crippen LogP contribution in [0.5, 0.6) is 0 Å². The number of carbonyl (C=O) groups is 1. The lowest BCUT2D eigenvalue weighted by molar-refractivity contribution is -0.120. The Morgan fingerprint density at radius 2 is 1.90 bits per heavy atom. The number of rotatable bonds is 2. The molecule has 10 heavy (non-hydrogen) atoms. The van der Waals surface area contributed by atoms with E-state index in [1.54, 1.807) is 0 Å². The molecule has 0 unspecified atom stereocenters. The van der Waals surface area contributed by atoms with Crippen molar-refractivity contribution in [1.29, 1.82) is 0 Å². The summed E-state index contributed by atoms with van der Waals surface area (Å²) in [6.07, 6.45) is 4.55. The molecule has 1 atom stereocenters. The third-order valence-corrected chi connectivity index (χ3v) is 2.24. The molecule has 3 heteroatoms. The Morgan fingerprint density at radius 3 is 2.30 bits per heavy atom. The summed E-state index contributed by atoms with van der Waals surface area (Å²) in [5.41, 5.74) is 10.6. The number of primary amides is 1. The Labute approximate surface area is 60.8 Å². The first-order chi connectivity index (χ1) is 4.72. The van der Waals surface area contributed by atoms with Crippen LogP contribution in [0.15, 0.2) is 0 Å². The molecule has 58 valence electrons. The van der Waals surface area contributed by atoms with Gasteiger partial charge in [0.05, 0.1) is 6.04 Å². The van der Waals surface area contributed by atoms with Crippen LogP contribution in [0.4, 0.5) is 0 Å². The van der Waals surface area contributed by atoms with E-state index < -0.39 is 6.04 Å². The van der Waals surface area contributed by atoms with Crippen LogP contribution in [0.25, 0.3) is 0 Å². The first kappa shape index (κ1) is 7.54. The first-order valence-electron chi connectivity index (χ1n) is 3.76. The molecule has 0 heterocycles. The van der Waals surface area contributed by atoms with Gasteiger partial charge in [-0.3, -0.25) is 4.79 Å². The fraction of sp³-hybridized carbons (Fsp3) is 0.857. The maximum atomic E-state index is 10.6. The van der Waals surface area contributed by atoms with Gasteiger partial charge in [-0.25, -0.2) is 0 Å². The minimum absolute atomic E-state index is 0.355. The van der Waals surface area contributed by atoms with Crippen LogP contribution in [-0.2, 0) is 4.79 Å². The highest BCUT2D eigenvalue weighted by Gasteiger charge is 2.25. The second kappa shape index (κ2) is 3.01. The quantitative estimate of drug-likeness (QED) is 0.569. The van der Waals surface area contributed by atoms with Gasteiger partial charge in [0.1, 0.15) is 0 Å². The smallest absolute Gasteiger partial charge is 0.234 e. The van der Waals surface area contributed by atoms with Crippen molar-refractivity contribution in [2.24, 2.45) is 17.4 Å². The van der Waals surface area contributed by atoms with Gasteiger partial charge in [0.25, 0.3) is 0 Å². The minimum atomic E-state index is -0.400. The summed E-state index contributed by atoms with van der Waals surface area (Å²) in [4.78, 5) is 10.6. The molecule has 4 N–H and O–H groups in total. The third-order valence-electron chi connectivity index (χ3n) is 2.24. The Bertz CT molecular complexity index is 130. The summed E-state index contributed by atoms with van der Waals surface area (Å²) in [5.74, 6) is 0.00407. The average Bonchev–Trinajstić information content (AvgIpc) is 2.36. The van der Waals surface area contributed by atoms with Gasteiger partial charge in [-0.1, -0.05) is 12.8 Å². The normalized spacial score (nSPS) is 22.9. The molecule has 0 aromatic heterocycles. The van der Waals surface area contributed by atoms with Crippen molar-refractivity contribution < 1.29 is 4.79 Å². The van der Waals surface area contributed by atoms with Crippen LogP contribution >= 0.6 is 0 Å². The summed E-state index contributed by atoms with van der Waals surface area (Å²) < 4.78 is 0. The maximum Gasteiger partial charge on any atom is 0.234 e. The van der Waals surface area contributed by atoms with E-state index in [0.29, 0.717) is 5.92 Å². The second-order valence-corrected chi connectivity index (χ2v) is 2.97. The molecule has 0 aromatic rings. The van der Waals surface area contributed by atoms with Crippen molar-refractivity contribution in [3.8, 4) is 0 Å². The molecule has 1 rings (SSSR count). The van der Waals surface area contributed by atoms with Crippen LogP contribution in [0.1, 0.15) is 25.7 Å². The van der Waals surface area contributed by atoms with Crippen molar-refractivity contribution in [1.82, 2.24) is 0 Å². The molecule has 0 aliphatic heterocycles. The predicted octanol–water partition coefficient (Wildman–Crippen LogP) is -0.0108. The van der Waals surface area contributed by atoms with E-state index in [0.717, 1.165) is 12.8 Å². The standard InChI is InChI=1S/C7H14N2O/c8-6(7(9)10)5-3-1-2-4-5/h5-6H,1-4,8H2,(H2,9,10)/t6-/m0/s1. The summed E-state index contributed by atoms with van der Waals surface area (Å²) in [7, 11) is 0. The number of nitrogens with two attached hydrogens (primary N) is 2. The van der Waals surface area contributed by atoms with Gasteiger partial charge in [0, 0.05) is 0 Å². The first-order valence-corrected chi connectivity index (χ1v) is 3.76. The molecule has 1 saturated carbocycles. The van der Waals surface area contributed by atoms with Gasteiger partial charge >= 0.3 is 0 Å². The molecule has 0 aromatic carbocycles. The molecule has 0 bridgehead atoms. The molecular formula is C7H14N2O. The molecule has 1 amide bonds. The zero-order chi connectivity index (χ0) is 7.56. The third kappa shape index (κ3) is 1.48. The van der Waals surface area contributed by atoms with Crippen molar-refractivity contribution in [2.45, 2.75) is 31.7 Å². The fourth-order valence-electron chi connectivity index (χ4n) is 1.55. The number of carbonyl (C=O) groups excluding carboxylic acids is 1. The topological polar surface area (TPSA) is 69.1 Å². The Kier molecular flexibility index (Phi) is 2.27. The summed E-state index contributed by atoms with van der Waals surface area (Å²) in [6, 6.07) is -0.400. The minimum Gasteiger partial charge on any atom is -0.368 e. The zero-order valence-electron chi connectivity index (χ0n) is 6.05. The molecule has 0 spiro atoms. The summed E-state index contributed by atoms with van der Waals surface area (Å²) in [6.45, 7) is 0. The lowest BCUT2D eigenvalue weighted by Gasteiger charge is -2.13. The van der Waals surface area contributed by atoms with Crippen LogP contribution in [-0.4, -0.2) is 11.9 Å². The summed E-state index contributed by atoms with van der Waals surface area (Å²) >= 11 is 0. The number of amides is 1. The molecule has 1 fully saturated rings. The molecule has 3 nitrogen and oxygen atoms in total. The van der Waals surface area contributed by atoms with Crippen molar-refractivity contribution in [3.05, 3.63) is 0 Å². The Hall–Kier alpha value is -0.570. The lowest BCUT2D eigenvalue weighted by atomic mass is 9.99. The molecule has 0 saturated heterocycles. The highest BCUT2D eigenvalue weighted by atomic mass is 16.1. The second-order valence-electron chi connectivity index (χ2n) is 2.97. The van der Waals surface area contributed by atoms with E-state index in [1.807, 2.05) is 0 Å². The number of hydrogen-bond acceptors (Lipinski definition) is 2. The zero-order valence-corrected chi connectivity index (χ0v) is 6.05. The Balaban J connectivity index is 2.39. The molecule has 1 aliphatic rings. The van der Waals surface area contributed by atoms with E-state index in [1.165, 1.54) is 12.8 Å². The molecule has 1 aliphatic carbocycles. The molecular weight excluding hydrogens is 128 g/mol. The van der Waals surface area contributed by atoms with Crippen molar-refractivity contribution >= 4 is 5.91 Å². The van der Waals surface area contributed by atoms with Crippen LogP contribution in [0, 0.1) is 5.92 Å². The maximum absolute atomic E-state index is 10.6. The van der Waals surface area contributed by atoms with Gasteiger partial charge in [-0.15, -0.1) is 0 Å². The van der Waals surface area contributed by atoms with E-state index >= 15 is 0 Å². The van der Waals surface area contributed by atoms with E-state index in [2.05, 4.69) is 0 Å². The summed E-state index contributed by atoms with van der Waals surface area (Å²) in [5, 5.41) is 0. The van der Waals surface area contributed by atoms with Gasteiger partial charge in [0.2, 0.25) is 5.91 Å². The average molecular weight is 142 g/mol. The SMILES string of the molecule is NC(=O)[C@@H](N)C1CCCC1. The van der Waals surface area contributed by atoms with Crippen LogP contribution in [0.3, 0.4) is 0 Å². The molecule has 0 radical (unpaired) electrons. The number of hydrogen-bond donors (Lipinski definition) is 2. The van der Waals surface area contributed by atoms with Crippen molar-refractivity contribution in [2.75, 3.05) is 0 Å². The van der Waals surface area contributed by atoms with E-state index in [-0.39, 0.29) is 5.91 Å². The lowest BCUT2D eigenvalue weighted by Crippen LogP contribution is -2.41. The van der Waals surface area contributed by atoms with Crippen LogP contribution < -0.4 is 11.5 Å². The Morgan fingerprint density at radius 1 is 1.40 bits per heavy atom. The van der Waals surface area contributed by atoms with E-state index in [4.69, 9.17) is 11.5 Å². The van der Waals surface area contributed by atoms with Gasteiger partial charge in [-0.2, -0.15) is 0 Å². The monoisotopic (exact) mass is 142 g/mol. The van der Waals surface area contributed by atoms with Crippen molar-refractivity contribution in [3.63, 3.8) is 0 Å². The van der Waals surface area contributed by atoms with Gasteiger partial charge in [-0.05, 0) is 18.8 Å². The highest BCUT2D eigenvalue weighted by molar-refractivity contribution is 5.79. The van der Waals surface area contributed by atoms with E-state index in [9.17, 15) is 4.79 Å². The fourth-order valence-corrected chi connectivity index (χ4v) is 1.55. The predicted molar refractivity (Wildman–Crippen MR) is 39.1 cm³/mol. The van der Waals surface area contributed by atoms with Gasteiger partial charge < -0.3 is 11.5 Å². The van der Waals surface area contributed by atoms with Gasteiger partial charge in [0.15, 0.2) is 0 Å². The van der Waals surface area contributed by atoms with Crippen LogP contribution in [0.2, 0.25) is 0 Å². The largest absolute Gasteiger partial charge is 0.368 e. The highest BCUT2D eigenvalue weighted by Crippen LogP contribution is 2.26.